The summed E-state index contributed by atoms with van der Waals surface area (Å²) in [6.07, 6.45) is 1.80. The Morgan fingerprint density at radius 1 is 1.53 bits per heavy atom. The molecule has 15 heavy (non-hydrogen) atoms. The Labute approximate surface area is 86.1 Å². The van der Waals surface area contributed by atoms with Gasteiger partial charge in [-0.15, -0.1) is 0 Å². The van der Waals surface area contributed by atoms with Gasteiger partial charge in [0.1, 0.15) is 5.82 Å². The van der Waals surface area contributed by atoms with E-state index in [9.17, 15) is 10.1 Å². The zero-order chi connectivity index (χ0) is 10.8. The topological polar surface area (TPSA) is 84.4 Å². The van der Waals surface area contributed by atoms with Gasteiger partial charge in [0, 0.05) is 12.1 Å². The highest BCUT2D eigenvalue weighted by Crippen LogP contribution is 2.21. The molecule has 0 atom stereocenters. The number of nitro benzene ring substituents is 1. The van der Waals surface area contributed by atoms with E-state index in [0.717, 1.165) is 5.69 Å². The van der Waals surface area contributed by atoms with Gasteiger partial charge in [-0.3, -0.25) is 20.5 Å². The lowest BCUT2D eigenvalue weighted by molar-refractivity contribution is -0.384. The maximum absolute atomic E-state index is 10.6. The van der Waals surface area contributed by atoms with Crippen LogP contribution in [0.15, 0.2) is 36.2 Å². The van der Waals surface area contributed by atoms with Crippen LogP contribution in [-0.4, -0.2) is 11.5 Å². The number of rotatable bonds is 2. The fourth-order valence-electron chi connectivity index (χ4n) is 1.38. The van der Waals surface area contributed by atoms with E-state index < -0.39 is 4.92 Å². The molecule has 0 aromatic heterocycles. The van der Waals surface area contributed by atoms with E-state index in [1.54, 1.807) is 23.2 Å². The van der Waals surface area contributed by atoms with Gasteiger partial charge in [-0.1, -0.05) is 6.07 Å². The van der Waals surface area contributed by atoms with Gasteiger partial charge in [0.05, 0.1) is 17.2 Å². The van der Waals surface area contributed by atoms with E-state index in [2.05, 4.69) is 5.43 Å². The summed E-state index contributed by atoms with van der Waals surface area (Å²) in [6.45, 7) is 0.604. The highest BCUT2D eigenvalue weighted by molar-refractivity contribution is 5.54. The minimum absolute atomic E-state index is 0.0692. The molecule has 78 valence electrons. The first-order chi connectivity index (χ1) is 7.16. The molecule has 3 N–H and O–H groups in total. The van der Waals surface area contributed by atoms with Gasteiger partial charge in [0.15, 0.2) is 0 Å². The summed E-state index contributed by atoms with van der Waals surface area (Å²) in [5.41, 5.74) is 9.21. The molecule has 1 aromatic carbocycles. The van der Waals surface area contributed by atoms with Crippen LogP contribution in [0.1, 0.15) is 0 Å². The van der Waals surface area contributed by atoms with Crippen LogP contribution in [0.3, 0.4) is 0 Å². The van der Waals surface area contributed by atoms with Crippen LogP contribution in [-0.2, 0) is 0 Å². The van der Waals surface area contributed by atoms with Gasteiger partial charge in [0.2, 0.25) is 0 Å². The van der Waals surface area contributed by atoms with Crippen LogP contribution in [0.2, 0.25) is 0 Å². The van der Waals surface area contributed by atoms with Crippen molar-refractivity contribution >= 4 is 11.4 Å². The third-order valence-electron chi connectivity index (χ3n) is 2.11. The minimum atomic E-state index is -0.420. The summed E-state index contributed by atoms with van der Waals surface area (Å²) < 4.78 is 0. The van der Waals surface area contributed by atoms with Gasteiger partial charge < -0.3 is 5.73 Å². The zero-order valence-corrected chi connectivity index (χ0v) is 7.88. The Hall–Kier alpha value is -2.24. The average Bonchev–Trinajstić information content (AvgIpc) is 2.65. The number of nitro groups is 1. The van der Waals surface area contributed by atoms with Crippen LogP contribution in [0, 0.1) is 10.1 Å². The Morgan fingerprint density at radius 3 is 2.93 bits per heavy atom. The van der Waals surface area contributed by atoms with Crippen LogP contribution >= 0.6 is 0 Å². The third-order valence-corrected chi connectivity index (χ3v) is 2.11. The van der Waals surface area contributed by atoms with E-state index >= 15 is 0 Å². The predicted molar refractivity (Wildman–Crippen MR) is 55.8 cm³/mol. The van der Waals surface area contributed by atoms with E-state index in [-0.39, 0.29) is 5.69 Å². The lowest BCUT2D eigenvalue weighted by Gasteiger charge is -2.18. The molecule has 0 fully saturated rings. The summed E-state index contributed by atoms with van der Waals surface area (Å²) in [4.78, 5) is 10.1. The Kier molecular flexibility index (Phi) is 2.17. The maximum atomic E-state index is 10.6. The second-order valence-corrected chi connectivity index (χ2v) is 3.16. The summed E-state index contributed by atoms with van der Waals surface area (Å²) in [5, 5.41) is 12.3. The van der Waals surface area contributed by atoms with Gasteiger partial charge in [0.25, 0.3) is 5.69 Å². The van der Waals surface area contributed by atoms with Gasteiger partial charge in [-0.2, -0.15) is 0 Å². The fourth-order valence-corrected chi connectivity index (χ4v) is 1.38. The molecule has 2 rings (SSSR count). The summed E-state index contributed by atoms with van der Waals surface area (Å²) in [6, 6.07) is 6.38. The molecule has 0 radical (unpaired) electrons. The first kappa shape index (κ1) is 9.32. The van der Waals surface area contributed by atoms with Crippen LogP contribution in [0.25, 0.3) is 0 Å². The summed E-state index contributed by atoms with van der Waals surface area (Å²) >= 11 is 0. The second-order valence-electron chi connectivity index (χ2n) is 3.16. The van der Waals surface area contributed by atoms with Crippen molar-refractivity contribution in [2.45, 2.75) is 0 Å². The molecule has 0 bridgehead atoms. The van der Waals surface area contributed by atoms with Crippen molar-refractivity contribution in [2.24, 2.45) is 5.73 Å². The second kappa shape index (κ2) is 3.49. The van der Waals surface area contributed by atoms with Crippen LogP contribution in [0.4, 0.5) is 11.4 Å². The first-order valence-electron chi connectivity index (χ1n) is 4.41. The zero-order valence-electron chi connectivity index (χ0n) is 7.88. The van der Waals surface area contributed by atoms with Crippen LogP contribution in [0.5, 0.6) is 0 Å². The lowest BCUT2D eigenvalue weighted by atomic mass is 10.3. The van der Waals surface area contributed by atoms with Crippen molar-refractivity contribution in [2.75, 3.05) is 11.6 Å². The van der Waals surface area contributed by atoms with Gasteiger partial charge in [-0.25, -0.2) is 0 Å². The molecule has 0 unspecified atom stereocenters. The average molecular weight is 206 g/mol. The number of hydrazine groups is 1. The molecular formula is C9H10N4O2. The number of hydrogen-bond acceptors (Lipinski definition) is 5. The summed E-state index contributed by atoms with van der Waals surface area (Å²) in [5.74, 6) is 0.557. The molecule has 0 aliphatic carbocycles. The largest absolute Gasteiger partial charge is 0.384 e. The Morgan fingerprint density at radius 2 is 2.33 bits per heavy atom. The van der Waals surface area contributed by atoms with E-state index in [0.29, 0.717) is 12.4 Å². The smallest absolute Gasteiger partial charge is 0.271 e. The van der Waals surface area contributed by atoms with E-state index in [4.69, 9.17) is 5.73 Å². The quantitative estimate of drug-likeness (QED) is 0.550. The van der Waals surface area contributed by atoms with E-state index in [1.165, 1.54) is 12.1 Å². The van der Waals surface area contributed by atoms with Crippen molar-refractivity contribution in [1.29, 1.82) is 0 Å². The number of nitrogens with two attached hydrogens (primary N) is 1. The highest BCUT2D eigenvalue weighted by atomic mass is 16.6. The Bertz CT molecular complexity index is 430. The molecule has 1 aromatic rings. The molecular weight excluding hydrogens is 196 g/mol. The van der Waals surface area contributed by atoms with Crippen molar-refractivity contribution in [3.63, 3.8) is 0 Å². The van der Waals surface area contributed by atoms with Gasteiger partial charge >= 0.3 is 0 Å². The molecule has 0 spiro atoms. The van der Waals surface area contributed by atoms with Crippen LogP contribution < -0.4 is 16.2 Å². The lowest BCUT2D eigenvalue weighted by Crippen LogP contribution is -2.33. The number of hydrogen-bond donors (Lipinski definition) is 2. The minimum Gasteiger partial charge on any atom is -0.384 e. The SMILES string of the molecule is NC1=CCN(c2cccc([N+](=O)[O-])c2)N1. The standard InChI is InChI=1S/C9H10N4O2/c10-9-4-5-12(11-9)7-2-1-3-8(6-7)13(14)15/h1-4,6,11H,5,10H2. The number of benzene rings is 1. The highest BCUT2D eigenvalue weighted by Gasteiger charge is 2.14. The van der Waals surface area contributed by atoms with Crippen molar-refractivity contribution in [3.05, 3.63) is 46.3 Å². The number of non-ortho nitro benzene ring substituents is 1. The predicted octanol–water partition coefficient (Wildman–Crippen LogP) is 0.720. The molecule has 0 amide bonds. The first-order valence-corrected chi connectivity index (χ1v) is 4.41. The van der Waals surface area contributed by atoms with E-state index in [1.807, 2.05) is 0 Å². The summed E-state index contributed by atoms with van der Waals surface area (Å²) in [7, 11) is 0. The maximum Gasteiger partial charge on any atom is 0.271 e. The normalized spacial score (nSPS) is 14.7. The molecule has 0 saturated carbocycles. The number of nitrogens with zero attached hydrogens (tertiary/aromatic N) is 2. The molecule has 0 saturated heterocycles. The number of nitrogens with one attached hydrogen (secondary N) is 1. The Balaban J connectivity index is 2.23. The molecule has 1 heterocycles. The molecule has 1 aliphatic heterocycles. The molecule has 6 heteroatoms. The fraction of sp³-hybridized carbons (Fsp3) is 0.111. The van der Waals surface area contributed by atoms with Crippen molar-refractivity contribution in [3.8, 4) is 0 Å². The van der Waals surface area contributed by atoms with Crippen molar-refractivity contribution < 1.29 is 4.92 Å². The van der Waals surface area contributed by atoms with Gasteiger partial charge in [-0.05, 0) is 12.1 Å². The monoisotopic (exact) mass is 206 g/mol. The van der Waals surface area contributed by atoms with Crippen molar-refractivity contribution in [1.82, 2.24) is 5.43 Å². The molecule has 6 nitrogen and oxygen atoms in total. The third kappa shape index (κ3) is 1.83. The number of anilines is 1. The molecule has 1 aliphatic rings.